The number of halogens is 1. The van der Waals surface area contributed by atoms with Crippen LogP contribution >= 0.6 is 11.6 Å². The Morgan fingerprint density at radius 1 is 1.24 bits per heavy atom. The largest absolute Gasteiger partial charge is 0.479 e. The van der Waals surface area contributed by atoms with E-state index in [2.05, 4.69) is 20.2 Å². The standard InChI is InChI=1S/C24H29ClN4O4/c1-24(23(31-3)32-4)22(30)21(18-13-16(26-2)7-10-19(18)33-24)29(14-20-27-11-12-28-20)17-8-5-15(25)6-9-17/h5-13,21-23,26,30H,14H2,1-4H3,(H,27,28)/t21-,22+,24+/m0/s1. The van der Waals surface area contributed by atoms with E-state index in [4.69, 9.17) is 25.8 Å². The van der Waals surface area contributed by atoms with Crippen LogP contribution in [0.1, 0.15) is 24.4 Å². The highest BCUT2D eigenvalue weighted by Crippen LogP contribution is 2.47. The van der Waals surface area contributed by atoms with E-state index in [9.17, 15) is 5.11 Å². The minimum absolute atomic E-state index is 0.417. The molecule has 0 radical (unpaired) electrons. The Balaban J connectivity index is 1.89. The van der Waals surface area contributed by atoms with Crippen LogP contribution in [-0.4, -0.2) is 54.3 Å². The van der Waals surface area contributed by atoms with Crippen molar-refractivity contribution in [1.82, 2.24) is 9.97 Å². The molecule has 1 aliphatic heterocycles. The van der Waals surface area contributed by atoms with Crippen molar-refractivity contribution >= 4 is 23.0 Å². The maximum absolute atomic E-state index is 11.8. The summed E-state index contributed by atoms with van der Waals surface area (Å²) in [6.45, 7) is 2.21. The zero-order valence-electron chi connectivity index (χ0n) is 19.1. The summed E-state index contributed by atoms with van der Waals surface area (Å²) in [4.78, 5) is 9.66. The molecule has 4 rings (SSSR count). The first-order valence-electron chi connectivity index (χ1n) is 10.7. The van der Waals surface area contributed by atoms with E-state index in [0.29, 0.717) is 17.3 Å². The molecule has 1 aromatic heterocycles. The molecule has 2 heterocycles. The van der Waals surface area contributed by atoms with E-state index in [0.717, 1.165) is 22.8 Å². The minimum atomic E-state index is -1.18. The average Bonchev–Trinajstić information content (AvgIpc) is 3.33. The number of anilines is 2. The van der Waals surface area contributed by atoms with Gasteiger partial charge in [-0.25, -0.2) is 4.98 Å². The van der Waals surface area contributed by atoms with Crippen LogP contribution in [0.5, 0.6) is 5.75 Å². The van der Waals surface area contributed by atoms with Gasteiger partial charge in [0.05, 0.1) is 12.6 Å². The lowest BCUT2D eigenvalue weighted by atomic mass is 9.83. The highest BCUT2D eigenvalue weighted by molar-refractivity contribution is 6.30. The number of ether oxygens (including phenoxy) is 3. The predicted octanol–water partition coefficient (Wildman–Crippen LogP) is 3.98. The number of aromatic amines is 1. The van der Waals surface area contributed by atoms with Crippen LogP contribution < -0.4 is 15.0 Å². The van der Waals surface area contributed by atoms with Gasteiger partial charge in [-0.05, 0) is 49.4 Å². The molecule has 0 spiro atoms. The van der Waals surface area contributed by atoms with Gasteiger partial charge in [-0.3, -0.25) is 0 Å². The highest BCUT2D eigenvalue weighted by atomic mass is 35.5. The topological polar surface area (TPSA) is 91.9 Å². The van der Waals surface area contributed by atoms with Gasteiger partial charge >= 0.3 is 0 Å². The maximum atomic E-state index is 11.8. The number of hydrogen-bond acceptors (Lipinski definition) is 7. The third kappa shape index (κ3) is 4.39. The van der Waals surface area contributed by atoms with Crippen molar-refractivity contribution in [3.8, 4) is 5.75 Å². The average molecular weight is 473 g/mol. The third-order valence-electron chi connectivity index (χ3n) is 6.10. The summed E-state index contributed by atoms with van der Waals surface area (Å²) in [5.74, 6) is 1.40. The van der Waals surface area contributed by atoms with Crippen LogP contribution in [0.3, 0.4) is 0 Å². The molecular formula is C24H29ClN4O4. The number of aliphatic hydroxyl groups is 1. The number of nitrogens with one attached hydrogen (secondary N) is 2. The number of rotatable bonds is 8. The molecule has 3 N–H and O–H groups in total. The molecule has 8 nitrogen and oxygen atoms in total. The number of methoxy groups -OCH3 is 2. The van der Waals surface area contributed by atoms with Crippen LogP contribution in [-0.2, 0) is 16.0 Å². The molecule has 0 amide bonds. The van der Waals surface area contributed by atoms with Gasteiger partial charge < -0.3 is 34.5 Å². The first-order valence-corrected chi connectivity index (χ1v) is 11.0. The van der Waals surface area contributed by atoms with Crippen molar-refractivity contribution < 1.29 is 19.3 Å². The van der Waals surface area contributed by atoms with Crippen molar-refractivity contribution in [3.05, 3.63) is 71.3 Å². The molecule has 0 saturated heterocycles. The number of benzene rings is 2. The van der Waals surface area contributed by atoms with Crippen LogP contribution in [0.4, 0.5) is 11.4 Å². The zero-order valence-corrected chi connectivity index (χ0v) is 19.8. The second kappa shape index (κ2) is 9.61. The fraction of sp³-hybridized carbons (Fsp3) is 0.375. The molecule has 3 aromatic rings. The zero-order chi connectivity index (χ0) is 23.6. The van der Waals surface area contributed by atoms with E-state index < -0.39 is 24.0 Å². The third-order valence-corrected chi connectivity index (χ3v) is 6.35. The minimum Gasteiger partial charge on any atom is -0.479 e. The summed E-state index contributed by atoms with van der Waals surface area (Å²) in [5, 5.41) is 15.6. The van der Waals surface area contributed by atoms with Crippen LogP contribution in [0, 0.1) is 0 Å². The molecule has 176 valence electrons. The van der Waals surface area contributed by atoms with Gasteiger partial charge in [0.15, 0.2) is 11.9 Å². The van der Waals surface area contributed by atoms with E-state index in [1.165, 1.54) is 14.2 Å². The number of aromatic nitrogens is 2. The molecule has 2 aromatic carbocycles. The van der Waals surface area contributed by atoms with E-state index in [1.54, 1.807) is 19.3 Å². The molecule has 9 heteroatoms. The molecule has 0 fully saturated rings. The van der Waals surface area contributed by atoms with E-state index in [-0.39, 0.29) is 0 Å². The van der Waals surface area contributed by atoms with Gasteiger partial charge in [-0.15, -0.1) is 0 Å². The van der Waals surface area contributed by atoms with Gasteiger partial charge in [-0.1, -0.05) is 11.6 Å². The van der Waals surface area contributed by atoms with Gasteiger partial charge in [0.25, 0.3) is 0 Å². The fourth-order valence-electron chi connectivity index (χ4n) is 4.43. The van der Waals surface area contributed by atoms with E-state index in [1.807, 2.05) is 49.5 Å². The molecule has 0 unspecified atom stereocenters. The van der Waals surface area contributed by atoms with Gasteiger partial charge in [0.1, 0.15) is 17.7 Å². The summed E-state index contributed by atoms with van der Waals surface area (Å²) in [5.41, 5.74) is 1.42. The number of hydrogen-bond donors (Lipinski definition) is 3. The molecule has 0 aliphatic carbocycles. The second-order valence-electron chi connectivity index (χ2n) is 8.12. The normalized spacial score (nSPS) is 22.0. The molecule has 1 aliphatic rings. The van der Waals surface area contributed by atoms with E-state index >= 15 is 0 Å². The number of nitrogens with zero attached hydrogens (tertiary/aromatic N) is 2. The molecule has 0 bridgehead atoms. The number of H-pyrrole nitrogens is 1. The first-order chi connectivity index (χ1) is 15.9. The van der Waals surface area contributed by atoms with Crippen LogP contribution in [0.15, 0.2) is 54.9 Å². The first kappa shape index (κ1) is 23.4. The molecule has 3 atom stereocenters. The Morgan fingerprint density at radius 2 is 1.97 bits per heavy atom. The summed E-state index contributed by atoms with van der Waals surface area (Å²) in [6, 6.07) is 12.8. The van der Waals surface area contributed by atoms with Crippen molar-refractivity contribution in [2.45, 2.75) is 37.5 Å². The van der Waals surface area contributed by atoms with Crippen molar-refractivity contribution in [2.75, 3.05) is 31.5 Å². The Morgan fingerprint density at radius 3 is 2.58 bits per heavy atom. The lowest BCUT2D eigenvalue weighted by Crippen LogP contribution is -2.62. The van der Waals surface area contributed by atoms with Crippen molar-refractivity contribution in [1.29, 1.82) is 0 Å². The lowest BCUT2D eigenvalue weighted by Gasteiger charge is -2.50. The fourth-order valence-corrected chi connectivity index (χ4v) is 4.55. The smallest absolute Gasteiger partial charge is 0.199 e. The Hall–Kier alpha value is -2.78. The Bertz CT molecular complexity index is 1060. The summed E-state index contributed by atoms with van der Waals surface area (Å²) >= 11 is 6.17. The maximum Gasteiger partial charge on any atom is 0.199 e. The number of imidazole rings is 1. The number of fused-ring (bicyclic) bond motifs is 1. The summed E-state index contributed by atoms with van der Waals surface area (Å²) in [6.07, 6.45) is 1.66. The molecule has 33 heavy (non-hydrogen) atoms. The quantitative estimate of drug-likeness (QED) is 0.427. The summed E-state index contributed by atoms with van der Waals surface area (Å²) < 4.78 is 17.5. The van der Waals surface area contributed by atoms with Gasteiger partial charge in [-0.2, -0.15) is 0 Å². The van der Waals surface area contributed by atoms with Crippen LogP contribution in [0.25, 0.3) is 0 Å². The highest BCUT2D eigenvalue weighted by Gasteiger charge is 2.54. The number of aliphatic hydroxyl groups excluding tert-OH is 1. The van der Waals surface area contributed by atoms with Crippen molar-refractivity contribution in [2.24, 2.45) is 0 Å². The Kier molecular flexibility index (Phi) is 6.81. The van der Waals surface area contributed by atoms with Crippen molar-refractivity contribution in [3.63, 3.8) is 0 Å². The predicted molar refractivity (Wildman–Crippen MR) is 128 cm³/mol. The van der Waals surface area contributed by atoms with Gasteiger partial charge in [0.2, 0.25) is 0 Å². The lowest BCUT2D eigenvalue weighted by molar-refractivity contribution is -0.237. The Labute approximate surface area is 198 Å². The SMILES string of the molecule is CNc1ccc2c(c1)[C@H](N(Cc1ncc[nH]1)c1ccc(Cl)cc1)[C@@H](O)[C@](C)(C(OC)OC)O2. The summed E-state index contributed by atoms with van der Waals surface area (Å²) in [7, 11) is 4.92. The second-order valence-corrected chi connectivity index (χ2v) is 8.56. The molecular weight excluding hydrogens is 444 g/mol. The van der Waals surface area contributed by atoms with Gasteiger partial charge in [0, 0.05) is 55.6 Å². The molecule has 0 saturated carbocycles. The monoisotopic (exact) mass is 472 g/mol. The van der Waals surface area contributed by atoms with Crippen LogP contribution in [0.2, 0.25) is 5.02 Å².